The number of benzene rings is 2. The van der Waals surface area contributed by atoms with Crippen molar-refractivity contribution in [1.29, 1.82) is 0 Å². The van der Waals surface area contributed by atoms with Crippen molar-refractivity contribution in [3.8, 4) is 11.5 Å². The van der Waals surface area contributed by atoms with E-state index < -0.39 is 10.0 Å². The standard InChI is InChI=1S/C18H21N3O5S.ClH/c1-19-7-8-20-18(22)13-3-2-4-14(11-13)21-27(23,24)15-5-6-16-17(12-15)26-10-9-25-16;/h2-6,11-12,19,21H,7-10H2,1H3,(H,20,22);1H. The number of amides is 1. The van der Waals surface area contributed by atoms with E-state index >= 15 is 0 Å². The van der Waals surface area contributed by atoms with Gasteiger partial charge in [0.1, 0.15) is 13.2 Å². The largest absolute Gasteiger partial charge is 0.486 e. The van der Waals surface area contributed by atoms with Gasteiger partial charge in [0, 0.05) is 30.4 Å². The maximum absolute atomic E-state index is 12.7. The van der Waals surface area contributed by atoms with Crippen molar-refractivity contribution in [3.05, 3.63) is 48.0 Å². The van der Waals surface area contributed by atoms with Crippen LogP contribution in [-0.4, -0.2) is 47.7 Å². The fourth-order valence-electron chi connectivity index (χ4n) is 2.53. The summed E-state index contributed by atoms with van der Waals surface area (Å²) in [6.07, 6.45) is 0. The second kappa shape index (κ2) is 9.63. The third-order valence-corrected chi connectivity index (χ3v) is 5.24. The zero-order valence-corrected chi connectivity index (χ0v) is 16.9. The molecular formula is C18H22ClN3O5S. The van der Waals surface area contributed by atoms with Gasteiger partial charge in [-0.05, 0) is 37.4 Å². The molecule has 0 fully saturated rings. The lowest BCUT2D eigenvalue weighted by atomic mass is 10.2. The van der Waals surface area contributed by atoms with Crippen LogP contribution in [0.4, 0.5) is 5.69 Å². The highest BCUT2D eigenvalue weighted by molar-refractivity contribution is 7.92. The van der Waals surface area contributed by atoms with Gasteiger partial charge < -0.3 is 20.1 Å². The molecule has 10 heteroatoms. The van der Waals surface area contributed by atoms with E-state index in [1.165, 1.54) is 18.2 Å². The minimum absolute atomic E-state index is 0. The molecule has 0 saturated heterocycles. The van der Waals surface area contributed by atoms with Crippen LogP contribution in [0.15, 0.2) is 47.4 Å². The van der Waals surface area contributed by atoms with Crippen molar-refractivity contribution in [2.45, 2.75) is 4.90 Å². The molecule has 28 heavy (non-hydrogen) atoms. The van der Waals surface area contributed by atoms with E-state index in [9.17, 15) is 13.2 Å². The summed E-state index contributed by atoms with van der Waals surface area (Å²) in [6, 6.07) is 10.7. The van der Waals surface area contributed by atoms with E-state index in [0.29, 0.717) is 49.1 Å². The van der Waals surface area contributed by atoms with Gasteiger partial charge in [-0.3, -0.25) is 9.52 Å². The summed E-state index contributed by atoms with van der Waals surface area (Å²) in [5.74, 6) is 0.632. The first-order chi connectivity index (χ1) is 13.0. The Morgan fingerprint density at radius 1 is 1.04 bits per heavy atom. The number of carbonyl (C=O) groups is 1. The fraction of sp³-hybridized carbons (Fsp3) is 0.278. The van der Waals surface area contributed by atoms with E-state index in [-0.39, 0.29) is 23.2 Å². The number of carbonyl (C=O) groups excluding carboxylic acids is 1. The highest BCUT2D eigenvalue weighted by Gasteiger charge is 2.20. The summed E-state index contributed by atoms with van der Waals surface area (Å²) in [5, 5.41) is 5.68. The molecule has 0 aromatic heterocycles. The zero-order chi connectivity index (χ0) is 19.3. The molecule has 3 rings (SSSR count). The molecule has 152 valence electrons. The average molecular weight is 428 g/mol. The molecule has 1 aliphatic heterocycles. The Kier molecular flexibility index (Phi) is 7.50. The molecule has 0 aliphatic carbocycles. The van der Waals surface area contributed by atoms with Crippen LogP contribution < -0.4 is 24.8 Å². The number of hydrogen-bond donors (Lipinski definition) is 3. The summed E-state index contributed by atoms with van der Waals surface area (Å²) < 4.78 is 38.6. The van der Waals surface area contributed by atoms with Gasteiger partial charge in [0.25, 0.3) is 15.9 Å². The SMILES string of the molecule is CNCCNC(=O)c1cccc(NS(=O)(=O)c2ccc3c(c2)OCCO3)c1.Cl. The van der Waals surface area contributed by atoms with E-state index in [1.807, 2.05) is 0 Å². The molecule has 8 nitrogen and oxygen atoms in total. The third kappa shape index (κ3) is 5.28. The smallest absolute Gasteiger partial charge is 0.262 e. The van der Waals surface area contributed by atoms with Gasteiger partial charge in [0.2, 0.25) is 0 Å². The second-order valence-corrected chi connectivity index (χ2v) is 7.53. The lowest BCUT2D eigenvalue weighted by Gasteiger charge is -2.19. The quantitative estimate of drug-likeness (QED) is 0.580. The van der Waals surface area contributed by atoms with Crippen molar-refractivity contribution >= 4 is 34.0 Å². The maximum Gasteiger partial charge on any atom is 0.262 e. The van der Waals surface area contributed by atoms with Crippen LogP contribution in [0.1, 0.15) is 10.4 Å². The average Bonchev–Trinajstić information content (AvgIpc) is 2.67. The van der Waals surface area contributed by atoms with Crippen molar-refractivity contribution < 1.29 is 22.7 Å². The number of hydrogen-bond acceptors (Lipinski definition) is 6. The van der Waals surface area contributed by atoms with Crippen LogP contribution in [0.25, 0.3) is 0 Å². The first-order valence-corrected chi connectivity index (χ1v) is 9.93. The summed E-state index contributed by atoms with van der Waals surface area (Å²) in [6.45, 7) is 1.92. The Morgan fingerprint density at radius 2 is 1.79 bits per heavy atom. The Balaban J connectivity index is 0.00000280. The topological polar surface area (TPSA) is 106 Å². The Labute approximate surface area is 170 Å². The lowest BCUT2D eigenvalue weighted by Crippen LogP contribution is -2.30. The summed E-state index contributed by atoms with van der Waals surface area (Å²) in [7, 11) is -2.05. The van der Waals surface area contributed by atoms with Gasteiger partial charge in [-0.15, -0.1) is 12.4 Å². The number of sulfonamides is 1. The number of fused-ring (bicyclic) bond motifs is 1. The monoisotopic (exact) mass is 427 g/mol. The minimum Gasteiger partial charge on any atom is -0.486 e. The fourth-order valence-corrected chi connectivity index (χ4v) is 3.60. The van der Waals surface area contributed by atoms with Crippen molar-refractivity contribution in [1.82, 2.24) is 10.6 Å². The van der Waals surface area contributed by atoms with Crippen LogP contribution in [0.2, 0.25) is 0 Å². The van der Waals surface area contributed by atoms with Gasteiger partial charge in [-0.1, -0.05) is 6.07 Å². The first-order valence-electron chi connectivity index (χ1n) is 8.45. The molecule has 3 N–H and O–H groups in total. The third-order valence-electron chi connectivity index (χ3n) is 3.86. The van der Waals surface area contributed by atoms with E-state index in [1.54, 1.807) is 31.3 Å². The Morgan fingerprint density at radius 3 is 2.54 bits per heavy atom. The van der Waals surface area contributed by atoms with Crippen LogP contribution in [0, 0.1) is 0 Å². The van der Waals surface area contributed by atoms with Crippen molar-refractivity contribution in [2.24, 2.45) is 0 Å². The minimum atomic E-state index is -3.84. The number of anilines is 1. The van der Waals surface area contributed by atoms with Gasteiger partial charge in [-0.2, -0.15) is 0 Å². The number of rotatable bonds is 7. The molecule has 0 spiro atoms. The Hall–Kier alpha value is -2.49. The molecule has 0 atom stereocenters. The van der Waals surface area contributed by atoms with Gasteiger partial charge >= 0.3 is 0 Å². The van der Waals surface area contributed by atoms with Crippen molar-refractivity contribution in [3.63, 3.8) is 0 Å². The molecule has 0 saturated carbocycles. The highest BCUT2D eigenvalue weighted by Crippen LogP contribution is 2.32. The zero-order valence-electron chi connectivity index (χ0n) is 15.2. The van der Waals surface area contributed by atoms with Crippen LogP contribution in [0.5, 0.6) is 11.5 Å². The second-order valence-electron chi connectivity index (χ2n) is 5.85. The van der Waals surface area contributed by atoms with Gasteiger partial charge in [0.15, 0.2) is 11.5 Å². The molecule has 2 aromatic rings. The molecule has 1 amide bonds. The molecule has 2 aromatic carbocycles. The number of ether oxygens (including phenoxy) is 2. The van der Waals surface area contributed by atoms with E-state index in [0.717, 1.165) is 0 Å². The van der Waals surface area contributed by atoms with E-state index in [2.05, 4.69) is 15.4 Å². The highest BCUT2D eigenvalue weighted by atomic mass is 35.5. The maximum atomic E-state index is 12.7. The number of likely N-dealkylation sites (N-methyl/N-ethyl adjacent to an activating group) is 1. The van der Waals surface area contributed by atoms with Gasteiger partial charge in [-0.25, -0.2) is 8.42 Å². The van der Waals surface area contributed by atoms with Gasteiger partial charge in [0.05, 0.1) is 4.90 Å². The Bertz CT molecular complexity index is 937. The molecule has 0 unspecified atom stereocenters. The van der Waals surface area contributed by atoms with E-state index in [4.69, 9.17) is 9.47 Å². The molecule has 1 aliphatic rings. The number of halogens is 1. The summed E-state index contributed by atoms with van der Waals surface area (Å²) in [4.78, 5) is 12.2. The molecule has 1 heterocycles. The number of nitrogens with one attached hydrogen (secondary N) is 3. The van der Waals surface area contributed by atoms with Crippen LogP contribution in [0.3, 0.4) is 0 Å². The predicted octanol–water partition coefficient (Wildman–Crippen LogP) is 1.63. The first kappa shape index (κ1) is 21.8. The molecule has 0 radical (unpaired) electrons. The lowest BCUT2D eigenvalue weighted by molar-refractivity contribution is 0.0954. The summed E-state index contributed by atoms with van der Waals surface area (Å²) in [5.41, 5.74) is 0.666. The molecular weight excluding hydrogens is 406 g/mol. The van der Waals surface area contributed by atoms with Crippen LogP contribution >= 0.6 is 12.4 Å². The van der Waals surface area contributed by atoms with Crippen molar-refractivity contribution in [2.75, 3.05) is 38.1 Å². The molecule has 0 bridgehead atoms. The normalized spacial score (nSPS) is 12.6. The summed E-state index contributed by atoms with van der Waals surface area (Å²) >= 11 is 0. The predicted molar refractivity (Wildman–Crippen MR) is 108 cm³/mol. The van der Waals surface area contributed by atoms with Crippen LogP contribution in [-0.2, 0) is 10.0 Å².